The summed E-state index contributed by atoms with van der Waals surface area (Å²) < 4.78 is 72.2. The Labute approximate surface area is 122 Å². The smallest absolute Gasteiger partial charge is 0.358 e. The summed E-state index contributed by atoms with van der Waals surface area (Å²) in [5.74, 6) is 0.0522. The molecule has 3 nitrogen and oxygen atoms in total. The van der Waals surface area contributed by atoms with E-state index in [-0.39, 0.29) is 11.5 Å². The predicted octanol–water partition coefficient (Wildman–Crippen LogP) is 5.05. The largest absolute Gasteiger partial charge is 0.416 e. The normalized spacial score (nSPS) is 14.1. The van der Waals surface area contributed by atoms with Crippen LogP contribution >= 0.6 is 0 Å². The van der Waals surface area contributed by atoms with E-state index in [1.165, 1.54) is 25.1 Å². The third kappa shape index (κ3) is 4.03. The van der Waals surface area contributed by atoms with Gasteiger partial charge >= 0.3 is 12.3 Å². The first kappa shape index (κ1) is 16.4. The van der Waals surface area contributed by atoms with E-state index in [9.17, 15) is 22.0 Å². The van der Waals surface area contributed by atoms with Crippen LogP contribution in [0.1, 0.15) is 31.3 Å². The van der Waals surface area contributed by atoms with Crippen molar-refractivity contribution in [3.05, 3.63) is 41.7 Å². The Bertz CT molecular complexity index is 628. The standard InChI is InChI=1S/C14H12F5NO2/c1-8(21-13(2,15)16)12-7-11(20-22-12)9-3-5-10(6-4-9)14(17,18)19/h3-8H,1-2H3. The Hall–Kier alpha value is -1.96. The van der Waals surface area contributed by atoms with Crippen molar-refractivity contribution in [1.29, 1.82) is 0 Å². The molecule has 0 aliphatic rings. The molecule has 1 aromatic heterocycles. The minimum Gasteiger partial charge on any atom is -0.358 e. The third-order valence-corrected chi connectivity index (χ3v) is 2.82. The van der Waals surface area contributed by atoms with Crippen LogP contribution in [0.3, 0.4) is 0 Å². The number of benzene rings is 1. The number of alkyl halides is 5. The van der Waals surface area contributed by atoms with E-state index >= 15 is 0 Å². The molecule has 2 rings (SSSR count). The van der Waals surface area contributed by atoms with E-state index in [2.05, 4.69) is 9.89 Å². The average Bonchev–Trinajstić information content (AvgIpc) is 2.85. The summed E-state index contributed by atoms with van der Waals surface area (Å²) in [5, 5.41) is 3.65. The highest BCUT2D eigenvalue weighted by Gasteiger charge is 2.30. The lowest BCUT2D eigenvalue weighted by atomic mass is 10.1. The van der Waals surface area contributed by atoms with Crippen molar-refractivity contribution in [3.63, 3.8) is 0 Å². The van der Waals surface area contributed by atoms with Gasteiger partial charge in [0.15, 0.2) is 5.76 Å². The van der Waals surface area contributed by atoms with Gasteiger partial charge in [0.1, 0.15) is 11.8 Å². The molecule has 1 aromatic carbocycles. The Balaban J connectivity index is 2.18. The summed E-state index contributed by atoms with van der Waals surface area (Å²) in [4.78, 5) is 0. The first-order valence-electron chi connectivity index (χ1n) is 6.26. The number of rotatable bonds is 4. The molecule has 2 aromatic rings. The lowest BCUT2D eigenvalue weighted by molar-refractivity contribution is -0.251. The summed E-state index contributed by atoms with van der Waals surface area (Å²) in [5.41, 5.74) is -0.181. The highest BCUT2D eigenvalue weighted by molar-refractivity contribution is 5.59. The Kier molecular flexibility index (Phi) is 4.23. The second-order valence-electron chi connectivity index (χ2n) is 4.76. The Morgan fingerprint density at radius 2 is 1.68 bits per heavy atom. The van der Waals surface area contributed by atoms with E-state index in [0.717, 1.165) is 12.1 Å². The summed E-state index contributed by atoms with van der Waals surface area (Å²) in [6, 6.07) is 5.61. The molecule has 22 heavy (non-hydrogen) atoms. The quantitative estimate of drug-likeness (QED) is 0.739. The molecule has 8 heteroatoms. The van der Waals surface area contributed by atoms with Crippen LogP contribution in [0.15, 0.2) is 34.9 Å². The molecule has 120 valence electrons. The predicted molar refractivity (Wildman–Crippen MR) is 67.1 cm³/mol. The molecule has 1 unspecified atom stereocenters. The van der Waals surface area contributed by atoms with Gasteiger partial charge in [-0.1, -0.05) is 17.3 Å². The average molecular weight is 321 g/mol. The first-order chi connectivity index (χ1) is 10.1. The Morgan fingerprint density at radius 3 is 2.18 bits per heavy atom. The molecule has 0 saturated carbocycles. The van der Waals surface area contributed by atoms with Crippen molar-refractivity contribution >= 4 is 0 Å². The highest BCUT2D eigenvalue weighted by Crippen LogP contribution is 2.32. The highest BCUT2D eigenvalue weighted by atomic mass is 19.4. The van der Waals surface area contributed by atoms with E-state index < -0.39 is 24.0 Å². The first-order valence-corrected chi connectivity index (χ1v) is 6.26. The van der Waals surface area contributed by atoms with Crippen LogP contribution in [0.5, 0.6) is 0 Å². The van der Waals surface area contributed by atoms with Gasteiger partial charge in [-0.2, -0.15) is 22.0 Å². The van der Waals surface area contributed by atoms with E-state index in [1.807, 2.05) is 0 Å². The van der Waals surface area contributed by atoms with Gasteiger partial charge in [0, 0.05) is 18.6 Å². The second-order valence-corrected chi connectivity index (χ2v) is 4.76. The van der Waals surface area contributed by atoms with E-state index in [1.54, 1.807) is 0 Å². The molecule has 0 saturated heterocycles. The molecule has 1 heterocycles. The number of halogens is 5. The molecule has 0 aliphatic carbocycles. The molecular weight excluding hydrogens is 309 g/mol. The molecule has 0 radical (unpaired) electrons. The van der Waals surface area contributed by atoms with Gasteiger partial charge in [-0.25, -0.2) is 0 Å². The molecule has 0 aliphatic heterocycles. The zero-order valence-corrected chi connectivity index (χ0v) is 11.6. The van der Waals surface area contributed by atoms with Gasteiger partial charge in [0.05, 0.1) is 5.56 Å². The topological polar surface area (TPSA) is 35.3 Å². The van der Waals surface area contributed by atoms with Gasteiger partial charge < -0.3 is 9.26 Å². The van der Waals surface area contributed by atoms with Gasteiger partial charge in [-0.3, -0.25) is 0 Å². The van der Waals surface area contributed by atoms with Crippen LogP contribution in [-0.2, 0) is 10.9 Å². The number of nitrogens with zero attached hydrogens (tertiary/aromatic N) is 1. The maximum atomic E-state index is 12.8. The van der Waals surface area contributed by atoms with Gasteiger partial charge in [0.2, 0.25) is 0 Å². The number of hydrogen-bond acceptors (Lipinski definition) is 3. The van der Waals surface area contributed by atoms with Crippen LogP contribution < -0.4 is 0 Å². The van der Waals surface area contributed by atoms with Crippen LogP contribution in [0.4, 0.5) is 22.0 Å². The van der Waals surface area contributed by atoms with Crippen molar-refractivity contribution in [2.45, 2.75) is 32.2 Å². The van der Waals surface area contributed by atoms with Crippen LogP contribution in [0, 0.1) is 0 Å². The van der Waals surface area contributed by atoms with Crippen molar-refractivity contribution in [1.82, 2.24) is 5.16 Å². The number of aromatic nitrogens is 1. The number of hydrogen-bond donors (Lipinski definition) is 0. The fraction of sp³-hybridized carbons (Fsp3) is 0.357. The van der Waals surface area contributed by atoms with Crippen LogP contribution in [-0.4, -0.2) is 11.3 Å². The van der Waals surface area contributed by atoms with E-state index in [4.69, 9.17) is 4.52 Å². The minimum atomic E-state index is -4.43. The summed E-state index contributed by atoms with van der Waals surface area (Å²) >= 11 is 0. The van der Waals surface area contributed by atoms with Crippen molar-refractivity contribution < 1.29 is 31.2 Å². The molecule has 0 spiro atoms. The molecule has 0 fully saturated rings. The third-order valence-electron chi connectivity index (χ3n) is 2.82. The molecule has 0 N–H and O–H groups in total. The van der Waals surface area contributed by atoms with Gasteiger partial charge in [-0.15, -0.1) is 0 Å². The number of ether oxygens (including phenoxy) is 1. The molecule has 0 amide bonds. The van der Waals surface area contributed by atoms with Crippen molar-refractivity contribution in [2.75, 3.05) is 0 Å². The molecule has 0 bridgehead atoms. The van der Waals surface area contributed by atoms with Crippen molar-refractivity contribution in [2.24, 2.45) is 0 Å². The fourth-order valence-corrected chi connectivity index (χ4v) is 1.82. The Morgan fingerprint density at radius 1 is 1.09 bits per heavy atom. The zero-order valence-electron chi connectivity index (χ0n) is 11.6. The summed E-state index contributed by atoms with van der Waals surface area (Å²) in [6.45, 7) is 1.95. The lowest BCUT2D eigenvalue weighted by Crippen LogP contribution is -2.17. The maximum absolute atomic E-state index is 12.8. The second kappa shape index (κ2) is 5.68. The SMILES string of the molecule is CC(OC(C)(F)F)c1cc(-c2ccc(C(F)(F)F)cc2)no1. The zero-order chi connectivity index (χ0) is 16.5. The fourth-order valence-electron chi connectivity index (χ4n) is 1.82. The van der Waals surface area contributed by atoms with Crippen LogP contribution in [0.25, 0.3) is 11.3 Å². The van der Waals surface area contributed by atoms with Gasteiger partial charge in [-0.05, 0) is 19.1 Å². The monoisotopic (exact) mass is 321 g/mol. The molecular formula is C14H12F5NO2. The van der Waals surface area contributed by atoms with Gasteiger partial charge in [0.25, 0.3) is 0 Å². The lowest BCUT2D eigenvalue weighted by Gasteiger charge is -2.15. The minimum absolute atomic E-state index is 0.0522. The van der Waals surface area contributed by atoms with Crippen molar-refractivity contribution in [3.8, 4) is 11.3 Å². The van der Waals surface area contributed by atoms with E-state index in [0.29, 0.717) is 12.5 Å². The van der Waals surface area contributed by atoms with Crippen LogP contribution in [0.2, 0.25) is 0 Å². The summed E-state index contributed by atoms with van der Waals surface area (Å²) in [7, 11) is 0. The molecule has 1 atom stereocenters. The maximum Gasteiger partial charge on any atom is 0.416 e. The summed E-state index contributed by atoms with van der Waals surface area (Å²) in [6.07, 6.45) is -8.81.